The van der Waals surface area contributed by atoms with Crippen LogP contribution in [0.25, 0.3) is 0 Å². The summed E-state index contributed by atoms with van der Waals surface area (Å²) in [6.07, 6.45) is 0.961. The summed E-state index contributed by atoms with van der Waals surface area (Å²) in [5, 5.41) is 0. The summed E-state index contributed by atoms with van der Waals surface area (Å²) in [7, 11) is 0. The van der Waals surface area contributed by atoms with Crippen LogP contribution in [0.15, 0.2) is 18.2 Å². The molecule has 0 aliphatic heterocycles. The van der Waals surface area contributed by atoms with Crippen molar-refractivity contribution in [2.75, 3.05) is 6.54 Å². The van der Waals surface area contributed by atoms with Crippen molar-refractivity contribution in [1.82, 2.24) is 0 Å². The first-order valence-electron chi connectivity index (χ1n) is 3.66. The van der Waals surface area contributed by atoms with Crippen LogP contribution in [-0.2, 0) is 25.6 Å². The monoisotopic (exact) mass is 240 g/mol. The van der Waals surface area contributed by atoms with Gasteiger partial charge in [0.05, 0.1) is 0 Å². The van der Waals surface area contributed by atoms with E-state index in [-0.39, 0.29) is 0 Å². The standard InChI is InChI=1S/C9H12N.Pd/c1-8-4-2-3-5-9(8)6-7-10;/h2-4H,6-7,10H2,1H3;. The predicted octanol–water partition coefficient (Wildman–Crippen LogP) is 0.668. The summed E-state index contributed by atoms with van der Waals surface area (Å²) in [4.78, 5) is 0. The van der Waals surface area contributed by atoms with Gasteiger partial charge in [0.1, 0.15) is 0 Å². The van der Waals surface area contributed by atoms with E-state index in [4.69, 9.17) is 5.73 Å². The molecule has 1 aromatic rings. The third kappa shape index (κ3) is 2.13. The van der Waals surface area contributed by atoms with Crippen molar-refractivity contribution < 1.29 is 19.2 Å². The van der Waals surface area contributed by atoms with Gasteiger partial charge in [-0.2, -0.15) is 0 Å². The van der Waals surface area contributed by atoms with E-state index in [1.54, 1.807) is 0 Å². The van der Waals surface area contributed by atoms with Crippen LogP contribution in [0.4, 0.5) is 0 Å². The van der Waals surface area contributed by atoms with Gasteiger partial charge < -0.3 is 0 Å². The van der Waals surface area contributed by atoms with Crippen molar-refractivity contribution in [3.05, 3.63) is 29.3 Å². The fourth-order valence-electron chi connectivity index (χ4n) is 1.10. The van der Waals surface area contributed by atoms with E-state index in [1.165, 1.54) is 15.2 Å². The predicted molar refractivity (Wildman–Crippen MR) is 43.6 cm³/mol. The number of rotatable bonds is 2. The summed E-state index contributed by atoms with van der Waals surface area (Å²) in [5.41, 5.74) is 8.15. The van der Waals surface area contributed by atoms with Gasteiger partial charge in [-0.1, -0.05) is 0 Å². The number of hydrogen-bond donors (Lipinski definition) is 1. The third-order valence-corrected chi connectivity index (χ3v) is 2.45. The zero-order valence-electron chi connectivity index (χ0n) is 6.54. The van der Waals surface area contributed by atoms with Gasteiger partial charge >= 0.3 is 78.2 Å². The van der Waals surface area contributed by atoms with Crippen LogP contribution in [0.1, 0.15) is 11.1 Å². The third-order valence-electron chi connectivity index (χ3n) is 1.72. The van der Waals surface area contributed by atoms with Crippen molar-refractivity contribution in [1.29, 1.82) is 0 Å². The van der Waals surface area contributed by atoms with Crippen molar-refractivity contribution in [2.24, 2.45) is 5.73 Å². The molecule has 63 valence electrons. The molecule has 0 atom stereocenters. The molecule has 2 N–H and O–H groups in total. The molecular formula is C9H12NPd. The zero-order chi connectivity index (χ0) is 8.27. The number of aryl methyl sites for hydroxylation is 1. The molecular weight excluding hydrogens is 229 g/mol. The number of nitrogens with two attached hydrogens (primary N) is 1. The second-order valence-electron chi connectivity index (χ2n) is 2.54. The molecule has 0 saturated carbocycles. The maximum absolute atomic E-state index is 5.48. The Bertz CT molecular complexity index is 225. The SMILES string of the molecule is Cc1ccc[c]([Pd])c1CCN. The summed E-state index contributed by atoms with van der Waals surface area (Å²) in [6, 6.07) is 6.23. The molecule has 0 aliphatic carbocycles. The van der Waals surface area contributed by atoms with E-state index < -0.39 is 0 Å². The Labute approximate surface area is 78.4 Å². The van der Waals surface area contributed by atoms with Crippen LogP contribution in [-0.4, -0.2) is 6.54 Å². The van der Waals surface area contributed by atoms with Crippen LogP contribution < -0.4 is 9.77 Å². The van der Waals surface area contributed by atoms with Gasteiger partial charge in [-0.15, -0.1) is 0 Å². The topological polar surface area (TPSA) is 26.0 Å². The number of benzene rings is 1. The van der Waals surface area contributed by atoms with Gasteiger partial charge in [0.25, 0.3) is 0 Å². The molecule has 0 bridgehead atoms. The van der Waals surface area contributed by atoms with E-state index in [1.807, 2.05) is 0 Å². The van der Waals surface area contributed by atoms with Crippen LogP contribution in [0.5, 0.6) is 0 Å². The normalized spacial score (nSPS) is 10.2. The Balaban J connectivity index is 3.00. The quantitative estimate of drug-likeness (QED) is 0.756. The van der Waals surface area contributed by atoms with Gasteiger partial charge in [0.2, 0.25) is 0 Å². The van der Waals surface area contributed by atoms with E-state index in [2.05, 4.69) is 44.3 Å². The second kappa shape index (κ2) is 4.02. The molecule has 0 aliphatic rings. The molecule has 0 heterocycles. The summed E-state index contributed by atoms with van der Waals surface area (Å²) < 4.78 is 1.21. The molecule has 0 fully saturated rings. The molecule has 0 radical (unpaired) electrons. The van der Waals surface area contributed by atoms with E-state index in [0.29, 0.717) is 0 Å². The van der Waals surface area contributed by atoms with Crippen LogP contribution in [0.2, 0.25) is 0 Å². The van der Waals surface area contributed by atoms with Gasteiger partial charge in [0.15, 0.2) is 0 Å². The Morgan fingerprint density at radius 1 is 1.45 bits per heavy atom. The Morgan fingerprint density at radius 2 is 2.18 bits per heavy atom. The maximum atomic E-state index is 5.48. The Hall–Kier alpha value is -0.158. The van der Waals surface area contributed by atoms with Crippen LogP contribution in [0.3, 0.4) is 0 Å². The fraction of sp³-hybridized carbons (Fsp3) is 0.333. The molecule has 2 heteroatoms. The van der Waals surface area contributed by atoms with Crippen molar-refractivity contribution in [3.8, 4) is 0 Å². The molecule has 0 spiro atoms. The summed E-state index contributed by atoms with van der Waals surface area (Å²) >= 11 is 3.22. The zero-order valence-corrected chi connectivity index (χ0v) is 8.09. The first-order valence-corrected chi connectivity index (χ1v) is 4.44. The van der Waals surface area contributed by atoms with E-state index in [0.717, 1.165) is 13.0 Å². The Kier molecular flexibility index (Phi) is 3.26. The second-order valence-corrected chi connectivity index (χ2v) is 3.38. The summed E-state index contributed by atoms with van der Waals surface area (Å²) in [6.45, 7) is 2.83. The average molecular weight is 241 g/mol. The molecule has 0 unspecified atom stereocenters. The average Bonchev–Trinajstić information content (AvgIpc) is 1.97. The summed E-state index contributed by atoms with van der Waals surface area (Å²) in [5.74, 6) is 0. The van der Waals surface area contributed by atoms with E-state index >= 15 is 0 Å². The molecule has 11 heavy (non-hydrogen) atoms. The van der Waals surface area contributed by atoms with Crippen molar-refractivity contribution in [2.45, 2.75) is 13.3 Å². The fourth-order valence-corrected chi connectivity index (χ4v) is 1.75. The van der Waals surface area contributed by atoms with Crippen LogP contribution in [0, 0.1) is 6.92 Å². The van der Waals surface area contributed by atoms with Crippen LogP contribution >= 0.6 is 0 Å². The molecule has 0 saturated heterocycles. The Morgan fingerprint density at radius 3 is 2.73 bits per heavy atom. The minimum atomic E-state index is 0.718. The van der Waals surface area contributed by atoms with Gasteiger partial charge in [-0.05, 0) is 0 Å². The van der Waals surface area contributed by atoms with Gasteiger partial charge in [-0.25, -0.2) is 0 Å². The number of hydrogen-bond acceptors (Lipinski definition) is 1. The van der Waals surface area contributed by atoms with Gasteiger partial charge in [-0.3, -0.25) is 0 Å². The van der Waals surface area contributed by atoms with Crippen molar-refractivity contribution in [3.63, 3.8) is 0 Å². The molecule has 1 nitrogen and oxygen atoms in total. The molecule has 0 aromatic heterocycles. The first kappa shape index (κ1) is 8.93. The van der Waals surface area contributed by atoms with E-state index in [9.17, 15) is 0 Å². The van der Waals surface area contributed by atoms with Gasteiger partial charge in [0, 0.05) is 0 Å². The molecule has 1 aromatic carbocycles. The molecule has 0 amide bonds. The molecule has 1 rings (SSSR count). The minimum absolute atomic E-state index is 0.718. The van der Waals surface area contributed by atoms with Crippen molar-refractivity contribution >= 4 is 4.04 Å². The first-order chi connectivity index (χ1) is 5.25.